The zero-order valence-electron chi connectivity index (χ0n) is 9.25. The van der Waals surface area contributed by atoms with Crippen LogP contribution in [-0.4, -0.2) is 18.7 Å². The molecule has 1 aromatic carbocycles. The number of nitrogens with zero attached hydrogens (tertiary/aromatic N) is 1. The van der Waals surface area contributed by atoms with Gasteiger partial charge in [-0.3, -0.25) is 0 Å². The van der Waals surface area contributed by atoms with Crippen molar-refractivity contribution >= 4 is 5.69 Å². The van der Waals surface area contributed by atoms with Crippen LogP contribution in [0.2, 0.25) is 0 Å². The fraction of sp³-hybridized carbons (Fsp3) is 0.500. The molecule has 0 aliphatic rings. The van der Waals surface area contributed by atoms with Gasteiger partial charge < -0.3 is 10.0 Å². The van der Waals surface area contributed by atoms with Crippen LogP contribution in [0.5, 0.6) is 0 Å². The van der Waals surface area contributed by atoms with Gasteiger partial charge in [-0.2, -0.15) is 0 Å². The summed E-state index contributed by atoms with van der Waals surface area (Å²) in [4.78, 5) is 2.23. The molecule has 0 saturated heterocycles. The lowest BCUT2D eigenvalue weighted by Crippen LogP contribution is -2.17. The van der Waals surface area contributed by atoms with E-state index in [4.69, 9.17) is 5.11 Å². The topological polar surface area (TPSA) is 23.5 Å². The number of rotatable bonds is 4. The number of hydrogen-bond donors (Lipinski definition) is 1. The van der Waals surface area contributed by atoms with Gasteiger partial charge in [-0.1, -0.05) is 13.0 Å². The minimum absolute atomic E-state index is 0.129. The van der Waals surface area contributed by atoms with Gasteiger partial charge in [0.2, 0.25) is 0 Å². The summed E-state index contributed by atoms with van der Waals surface area (Å²) in [5.74, 6) is 0. The molecule has 2 nitrogen and oxygen atoms in total. The summed E-state index contributed by atoms with van der Waals surface area (Å²) in [6.07, 6.45) is 1.15. The number of aryl methyl sites for hydroxylation is 1. The molecule has 0 bridgehead atoms. The van der Waals surface area contributed by atoms with E-state index in [0.29, 0.717) is 0 Å². The smallest absolute Gasteiger partial charge is 0.0684 e. The maximum Gasteiger partial charge on any atom is 0.0684 e. The van der Waals surface area contributed by atoms with Crippen molar-refractivity contribution in [1.82, 2.24) is 0 Å². The van der Waals surface area contributed by atoms with E-state index < -0.39 is 0 Å². The van der Waals surface area contributed by atoms with E-state index in [1.165, 1.54) is 5.69 Å². The van der Waals surface area contributed by atoms with E-state index in [0.717, 1.165) is 24.1 Å². The molecule has 0 saturated carbocycles. The Morgan fingerprint density at radius 3 is 2.57 bits per heavy atom. The third kappa shape index (κ3) is 2.48. The quantitative estimate of drug-likeness (QED) is 0.793. The Morgan fingerprint density at radius 1 is 1.36 bits per heavy atom. The van der Waals surface area contributed by atoms with E-state index in [2.05, 4.69) is 31.0 Å². The molecular weight excluding hydrogens is 174 g/mol. The molecule has 1 rings (SSSR count). The van der Waals surface area contributed by atoms with Gasteiger partial charge in [0.25, 0.3) is 0 Å². The summed E-state index contributed by atoms with van der Waals surface area (Å²) in [5, 5.41) is 9.04. The molecule has 1 aromatic rings. The monoisotopic (exact) mass is 193 g/mol. The Balaban J connectivity index is 2.85. The van der Waals surface area contributed by atoms with Crippen LogP contribution in [-0.2, 0) is 6.61 Å². The molecule has 0 radical (unpaired) electrons. The summed E-state index contributed by atoms with van der Waals surface area (Å²) in [5.41, 5.74) is 3.40. The lowest BCUT2D eigenvalue weighted by molar-refractivity contribution is 0.281. The molecule has 0 aromatic heterocycles. The Hall–Kier alpha value is -1.02. The van der Waals surface area contributed by atoms with E-state index >= 15 is 0 Å². The highest BCUT2D eigenvalue weighted by molar-refractivity contribution is 5.50. The van der Waals surface area contributed by atoms with Crippen LogP contribution in [0.15, 0.2) is 18.2 Å². The standard InChI is InChI=1S/C12H19NO/c1-4-7-13(3)12-6-5-11(9-14)10(2)8-12/h5-6,8,14H,4,7,9H2,1-3H3. The third-order valence-corrected chi connectivity index (χ3v) is 2.50. The van der Waals surface area contributed by atoms with Crippen LogP contribution in [0.3, 0.4) is 0 Å². The number of anilines is 1. The van der Waals surface area contributed by atoms with Crippen LogP contribution < -0.4 is 4.90 Å². The summed E-state index contributed by atoms with van der Waals surface area (Å²) in [6, 6.07) is 6.19. The predicted octanol–water partition coefficient (Wildman–Crippen LogP) is 2.33. The van der Waals surface area contributed by atoms with Crippen molar-refractivity contribution in [1.29, 1.82) is 0 Å². The average Bonchev–Trinajstić information content (AvgIpc) is 2.18. The van der Waals surface area contributed by atoms with Crippen molar-refractivity contribution in [3.05, 3.63) is 29.3 Å². The largest absolute Gasteiger partial charge is 0.392 e. The summed E-state index contributed by atoms with van der Waals surface area (Å²) in [6.45, 7) is 5.40. The molecule has 0 spiro atoms. The molecule has 0 aliphatic heterocycles. The van der Waals surface area contributed by atoms with Crippen LogP contribution >= 0.6 is 0 Å². The zero-order chi connectivity index (χ0) is 10.6. The number of aliphatic hydroxyl groups is 1. The highest BCUT2D eigenvalue weighted by atomic mass is 16.3. The lowest BCUT2D eigenvalue weighted by atomic mass is 10.1. The summed E-state index contributed by atoms with van der Waals surface area (Å²) in [7, 11) is 2.09. The first-order valence-corrected chi connectivity index (χ1v) is 5.10. The number of aliphatic hydroxyl groups excluding tert-OH is 1. The van der Waals surface area contributed by atoms with Gasteiger partial charge in [0, 0.05) is 19.3 Å². The second kappa shape index (κ2) is 5.01. The van der Waals surface area contributed by atoms with Crippen LogP contribution in [0, 0.1) is 6.92 Å². The molecule has 14 heavy (non-hydrogen) atoms. The molecule has 78 valence electrons. The Morgan fingerprint density at radius 2 is 2.07 bits per heavy atom. The maximum atomic E-state index is 9.04. The normalized spacial score (nSPS) is 10.3. The van der Waals surface area contributed by atoms with Gasteiger partial charge in [-0.05, 0) is 36.6 Å². The highest BCUT2D eigenvalue weighted by Crippen LogP contribution is 2.18. The van der Waals surface area contributed by atoms with Crippen molar-refractivity contribution in [2.24, 2.45) is 0 Å². The molecule has 2 heteroatoms. The van der Waals surface area contributed by atoms with E-state index in [1.807, 2.05) is 13.0 Å². The van der Waals surface area contributed by atoms with Crippen molar-refractivity contribution in [3.8, 4) is 0 Å². The van der Waals surface area contributed by atoms with Gasteiger partial charge in [-0.25, -0.2) is 0 Å². The van der Waals surface area contributed by atoms with Crippen LogP contribution in [0.4, 0.5) is 5.69 Å². The Labute approximate surface area is 86.2 Å². The summed E-state index contributed by atoms with van der Waals surface area (Å²) >= 11 is 0. The van der Waals surface area contributed by atoms with E-state index in [1.54, 1.807) is 0 Å². The molecule has 0 heterocycles. The third-order valence-electron chi connectivity index (χ3n) is 2.50. The highest BCUT2D eigenvalue weighted by Gasteiger charge is 2.02. The Kier molecular flexibility index (Phi) is 3.96. The number of benzene rings is 1. The molecule has 0 unspecified atom stereocenters. The van der Waals surface area contributed by atoms with E-state index in [9.17, 15) is 0 Å². The molecular formula is C12H19NO. The molecule has 0 aliphatic carbocycles. The molecule has 0 amide bonds. The SMILES string of the molecule is CCCN(C)c1ccc(CO)c(C)c1. The summed E-state index contributed by atoms with van der Waals surface area (Å²) < 4.78 is 0. The van der Waals surface area contributed by atoms with E-state index in [-0.39, 0.29) is 6.61 Å². The van der Waals surface area contributed by atoms with Crippen molar-refractivity contribution < 1.29 is 5.11 Å². The lowest BCUT2D eigenvalue weighted by Gasteiger charge is -2.19. The van der Waals surface area contributed by atoms with Gasteiger partial charge in [0.05, 0.1) is 6.61 Å². The second-order valence-electron chi connectivity index (χ2n) is 3.69. The maximum absolute atomic E-state index is 9.04. The van der Waals surface area contributed by atoms with Crippen molar-refractivity contribution in [2.45, 2.75) is 26.9 Å². The van der Waals surface area contributed by atoms with Crippen molar-refractivity contribution in [3.63, 3.8) is 0 Å². The number of hydrogen-bond acceptors (Lipinski definition) is 2. The minimum Gasteiger partial charge on any atom is -0.392 e. The minimum atomic E-state index is 0.129. The second-order valence-corrected chi connectivity index (χ2v) is 3.69. The first-order chi connectivity index (χ1) is 6.69. The van der Waals surface area contributed by atoms with Gasteiger partial charge in [0.1, 0.15) is 0 Å². The van der Waals surface area contributed by atoms with Gasteiger partial charge in [-0.15, -0.1) is 0 Å². The fourth-order valence-corrected chi connectivity index (χ4v) is 1.56. The molecule has 0 fully saturated rings. The zero-order valence-corrected chi connectivity index (χ0v) is 9.25. The molecule has 0 atom stereocenters. The molecule has 1 N–H and O–H groups in total. The average molecular weight is 193 g/mol. The first kappa shape index (κ1) is 11.1. The van der Waals surface area contributed by atoms with Gasteiger partial charge in [0.15, 0.2) is 0 Å². The van der Waals surface area contributed by atoms with Crippen LogP contribution in [0.1, 0.15) is 24.5 Å². The first-order valence-electron chi connectivity index (χ1n) is 5.10. The van der Waals surface area contributed by atoms with Crippen LogP contribution in [0.25, 0.3) is 0 Å². The van der Waals surface area contributed by atoms with Gasteiger partial charge >= 0.3 is 0 Å². The Bertz CT molecular complexity index is 296. The predicted molar refractivity (Wildman–Crippen MR) is 60.7 cm³/mol. The fourth-order valence-electron chi connectivity index (χ4n) is 1.56. The van der Waals surface area contributed by atoms with Crippen molar-refractivity contribution in [2.75, 3.05) is 18.5 Å².